The lowest BCUT2D eigenvalue weighted by molar-refractivity contribution is -0.115. The van der Waals surface area contributed by atoms with Crippen molar-refractivity contribution in [2.45, 2.75) is 29.2 Å². The minimum Gasteiger partial charge on any atom is -0.431 e. The molecule has 1 aromatic heterocycles. The Labute approximate surface area is 178 Å². The zero-order chi connectivity index (χ0) is 21.3. The summed E-state index contributed by atoms with van der Waals surface area (Å²) in [5.74, 6) is -0.224. The number of aromatic nitrogens is 1. The van der Waals surface area contributed by atoms with Crippen LogP contribution in [0, 0.1) is 6.92 Å². The predicted molar refractivity (Wildman–Crippen MR) is 115 cm³/mol. The molecule has 154 valence electrons. The van der Waals surface area contributed by atoms with Crippen molar-refractivity contribution in [1.29, 1.82) is 0 Å². The highest BCUT2D eigenvalue weighted by molar-refractivity contribution is 8.00. The molecule has 1 N–H and O–H groups in total. The second-order valence-electron chi connectivity index (χ2n) is 6.61. The van der Waals surface area contributed by atoms with Gasteiger partial charge in [-0.15, -0.1) is 0 Å². The maximum atomic E-state index is 12.5. The van der Waals surface area contributed by atoms with Gasteiger partial charge >= 0.3 is 0 Å². The first-order chi connectivity index (χ1) is 13.6. The van der Waals surface area contributed by atoms with Crippen LogP contribution in [0.5, 0.6) is 0 Å². The number of hydrogen-bond acceptors (Lipinski definition) is 6. The molecule has 29 heavy (non-hydrogen) atoms. The molecule has 0 aliphatic carbocycles. The van der Waals surface area contributed by atoms with E-state index in [1.165, 1.54) is 26.2 Å². The third-order valence-corrected chi connectivity index (χ3v) is 7.21. The van der Waals surface area contributed by atoms with Crippen LogP contribution in [0.1, 0.15) is 12.5 Å². The Morgan fingerprint density at radius 1 is 1.24 bits per heavy atom. The fraction of sp³-hybridized carbons (Fsp3) is 0.263. The summed E-state index contributed by atoms with van der Waals surface area (Å²) in [4.78, 5) is 17.0. The predicted octanol–water partition coefficient (Wildman–Crippen LogP) is 4.16. The van der Waals surface area contributed by atoms with Crippen LogP contribution in [0.3, 0.4) is 0 Å². The molecule has 0 aliphatic rings. The molecule has 7 nitrogen and oxygen atoms in total. The fourth-order valence-electron chi connectivity index (χ4n) is 2.48. The second-order valence-corrected chi connectivity index (χ2v) is 10.5. The smallest absolute Gasteiger partial charge is 0.257 e. The molecule has 0 fully saturated rings. The van der Waals surface area contributed by atoms with Gasteiger partial charge in [-0.05, 0) is 49.7 Å². The van der Waals surface area contributed by atoms with E-state index in [2.05, 4.69) is 10.3 Å². The minimum atomic E-state index is -3.57. The van der Waals surface area contributed by atoms with E-state index in [4.69, 9.17) is 16.0 Å². The number of aryl methyl sites for hydroxylation is 1. The van der Waals surface area contributed by atoms with Crippen LogP contribution in [-0.4, -0.2) is 43.0 Å². The number of benzene rings is 2. The maximum absolute atomic E-state index is 12.5. The molecule has 0 saturated carbocycles. The van der Waals surface area contributed by atoms with Crippen LogP contribution in [-0.2, 0) is 14.8 Å². The summed E-state index contributed by atoms with van der Waals surface area (Å²) in [6, 6.07) is 9.76. The summed E-state index contributed by atoms with van der Waals surface area (Å²) in [6.07, 6.45) is 0. The second kappa shape index (κ2) is 8.35. The van der Waals surface area contributed by atoms with Crippen LogP contribution in [0.2, 0.25) is 5.02 Å². The fourth-order valence-corrected chi connectivity index (χ4v) is 4.33. The molecule has 0 radical (unpaired) electrons. The zero-order valence-electron chi connectivity index (χ0n) is 16.3. The number of carbonyl (C=O) groups excluding carboxylic acids is 1. The molecule has 2 aromatic carbocycles. The van der Waals surface area contributed by atoms with Gasteiger partial charge in [-0.1, -0.05) is 29.4 Å². The van der Waals surface area contributed by atoms with Crippen molar-refractivity contribution in [1.82, 2.24) is 9.29 Å². The number of carbonyl (C=O) groups is 1. The number of fused-ring (bicyclic) bond motifs is 1. The van der Waals surface area contributed by atoms with Crippen molar-refractivity contribution >= 4 is 56.1 Å². The molecular formula is C19H20ClN3O4S2. The summed E-state index contributed by atoms with van der Waals surface area (Å²) in [6.45, 7) is 3.61. The number of halogens is 1. The summed E-state index contributed by atoms with van der Waals surface area (Å²) >= 11 is 7.14. The Kier molecular flexibility index (Phi) is 6.23. The van der Waals surface area contributed by atoms with Gasteiger partial charge in [0.05, 0.1) is 10.1 Å². The summed E-state index contributed by atoms with van der Waals surface area (Å²) in [7, 11) is -0.640. The molecule has 1 heterocycles. The number of anilines is 1. The first kappa shape index (κ1) is 21.6. The highest BCUT2D eigenvalue weighted by atomic mass is 35.5. The van der Waals surface area contributed by atoms with Gasteiger partial charge in [-0.3, -0.25) is 4.79 Å². The Balaban J connectivity index is 1.77. The highest BCUT2D eigenvalue weighted by Crippen LogP contribution is 2.29. The summed E-state index contributed by atoms with van der Waals surface area (Å²) in [5, 5.41) is 3.17. The van der Waals surface area contributed by atoms with Gasteiger partial charge in [0, 0.05) is 24.8 Å². The van der Waals surface area contributed by atoms with E-state index in [0.29, 0.717) is 21.8 Å². The Morgan fingerprint density at radius 2 is 1.97 bits per heavy atom. The van der Waals surface area contributed by atoms with Gasteiger partial charge in [0.15, 0.2) is 5.58 Å². The van der Waals surface area contributed by atoms with Gasteiger partial charge in [0.1, 0.15) is 5.52 Å². The molecule has 0 spiro atoms. The van der Waals surface area contributed by atoms with E-state index in [1.54, 1.807) is 25.1 Å². The molecule has 0 saturated heterocycles. The van der Waals surface area contributed by atoms with Crippen LogP contribution in [0.25, 0.3) is 11.1 Å². The number of thioether (sulfide) groups is 1. The normalized spacial score (nSPS) is 13.0. The summed E-state index contributed by atoms with van der Waals surface area (Å²) < 4.78 is 31.3. The molecule has 1 amide bonds. The average Bonchev–Trinajstić information content (AvgIpc) is 3.05. The zero-order valence-corrected chi connectivity index (χ0v) is 18.7. The van der Waals surface area contributed by atoms with Crippen LogP contribution in [0.15, 0.2) is 50.9 Å². The third kappa shape index (κ3) is 4.75. The number of nitrogens with zero attached hydrogens (tertiary/aromatic N) is 2. The number of sulfonamides is 1. The Morgan fingerprint density at radius 3 is 2.66 bits per heavy atom. The lowest BCUT2D eigenvalue weighted by Gasteiger charge is -2.12. The van der Waals surface area contributed by atoms with E-state index in [-0.39, 0.29) is 16.0 Å². The van der Waals surface area contributed by atoms with Gasteiger partial charge in [0.25, 0.3) is 5.22 Å². The molecule has 3 rings (SSSR count). The van der Waals surface area contributed by atoms with E-state index in [0.717, 1.165) is 21.6 Å². The van der Waals surface area contributed by atoms with Gasteiger partial charge < -0.3 is 9.73 Å². The first-order valence-corrected chi connectivity index (χ1v) is 11.3. The lowest BCUT2D eigenvalue weighted by Crippen LogP contribution is -2.22. The van der Waals surface area contributed by atoms with Gasteiger partial charge in [-0.2, -0.15) is 0 Å². The lowest BCUT2D eigenvalue weighted by atomic mass is 10.2. The van der Waals surface area contributed by atoms with Crippen molar-refractivity contribution in [3.8, 4) is 0 Å². The minimum absolute atomic E-state index is 0.127. The monoisotopic (exact) mass is 453 g/mol. The van der Waals surface area contributed by atoms with Crippen molar-refractivity contribution < 1.29 is 17.6 Å². The van der Waals surface area contributed by atoms with Crippen molar-refractivity contribution in [2.75, 3.05) is 19.4 Å². The molecule has 0 aliphatic heterocycles. The first-order valence-electron chi connectivity index (χ1n) is 8.64. The number of rotatable bonds is 6. The van der Waals surface area contributed by atoms with E-state index < -0.39 is 15.3 Å². The van der Waals surface area contributed by atoms with E-state index >= 15 is 0 Å². The van der Waals surface area contributed by atoms with E-state index in [1.807, 2.05) is 13.0 Å². The van der Waals surface area contributed by atoms with Gasteiger partial charge in [0.2, 0.25) is 15.9 Å². The topological polar surface area (TPSA) is 92.5 Å². The number of amides is 1. The molecular weight excluding hydrogens is 434 g/mol. The molecule has 10 heteroatoms. The SMILES string of the molecule is Cc1ccc(Cl)cc1NC(=O)C(C)Sc1nc2cc(S(=O)(=O)N(C)C)ccc2o1. The van der Waals surface area contributed by atoms with Crippen LogP contribution in [0.4, 0.5) is 5.69 Å². The van der Waals surface area contributed by atoms with Crippen molar-refractivity contribution in [2.24, 2.45) is 0 Å². The Hall–Kier alpha value is -2.07. The van der Waals surface area contributed by atoms with Crippen LogP contribution >= 0.6 is 23.4 Å². The standard InChI is InChI=1S/C19H20ClN3O4S2/c1-11-5-6-13(20)9-15(11)21-18(24)12(2)28-19-22-16-10-14(7-8-17(16)27-19)29(25,26)23(3)4/h5-10,12H,1-4H3,(H,21,24). The molecule has 0 bridgehead atoms. The number of oxazole rings is 1. The van der Waals surface area contributed by atoms with Crippen LogP contribution < -0.4 is 5.32 Å². The average molecular weight is 454 g/mol. The molecule has 1 unspecified atom stereocenters. The molecule has 3 aromatic rings. The summed E-state index contributed by atoms with van der Waals surface area (Å²) in [5.41, 5.74) is 2.40. The number of hydrogen-bond donors (Lipinski definition) is 1. The quantitative estimate of drug-likeness (QED) is 0.563. The van der Waals surface area contributed by atoms with Gasteiger partial charge in [-0.25, -0.2) is 17.7 Å². The van der Waals surface area contributed by atoms with E-state index in [9.17, 15) is 13.2 Å². The number of nitrogens with one attached hydrogen (secondary N) is 1. The van der Waals surface area contributed by atoms with Crippen molar-refractivity contribution in [3.05, 3.63) is 47.0 Å². The Bertz CT molecular complexity index is 1180. The highest BCUT2D eigenvalue weighted by Gasteiger charge is 2.21. The largest absolute Gasteiger partial charge is 0.431 e. The maximum Gasteiger partial charge on any atom is 0.257 e. The third-order valence-electron chi connectivity index (χ3n) is 4.22. The molecule has 1 atom stereocenters. The van der Waals surface area contributed by atoms with Crippen molar-refractivity contribution in [3.63, 3.8) is 0 Å².